The van der Waals surface area contributed by atoms with Gasteiger partial charge in [-0.15, -0.1) is 0 Å². The number of ether oxygens (including phenoxy) is 1. The molecule has 0 bridgehead atoms. The molecule has 2 aliphatic heterocycles. The van der Waals surface area contributed by atoms with Crippen LogP contribution in [0, 0.1) is 19.7 Å². The number of nitrogens with two attached hydrogens (primary N) is 1. The summed E-state index contributed by atoms with van der Waals surface area (Å²) in [5, 5.41) is 12.9. The quantitative estimate of drug-likeness (QED) is 0.622. The first-order valence-electron chi connectivity index (χ1n) is 10.3. The van der Waals surface area contributed by atoms with E-state index in [0.29, 0.717) is 46.5 Å². The largest absolute Gasteiger partial charge is 0.488 e. The molecule has 8 nitrogen and oxygen atoms in total. The summed E-state index contributed by atoms with van der Waals surface area (Å²) in [7, 11) is 0. The zero-order valence-corrected chi connectivity index (χ0v) is 18.6. The minimum atomic E-state index is -0.499. The molecule has 2 aromatic rings. The van der Waals surface area contributed by atoms with Crippen LogP contribution in [0.4, 0.5) is 4.39 Å². The van der Waals surface area contributed by atoms with Gasteiger partial charge in [-0.2, -0.15) is 0 Å². The number of aryl methyl sites for hydroxylation is 2. The Hall–Kier alpha value is -2.75. The molecule has 2 atom stereocenters. The van der Waals surface area contributed by atoms with Gasteiger partial charge in [0.2, 0.25) is 0 Å². The van der Waals surface area contributed by atoms with Gasteiger partial charge in [-0.25, -0.2) is 14.4 Å². The van der Waals surface area contributed by atoms with Crippen LogP contribution < -0.4 is 15.8 Å². The highest BCUT2D eigenvalue weighted by Gasteiger charge is 2.31. The third kappa shape index (κ3) is 4.41. The van der Waals surface area contributed by atoms with Crippen LogP contribution in [0.25, 0.3) is 5.57 Å². The number of amides is 1. The molecule has 1 saturated heterocycles. The van der Waals surface area contributed by atoms with Gasteiger partial charge in [0.25, 0.3) is 5.91 Å². The molecule has 170 valence electrons. The van der Waals surface area contributed by atoms with Crippen LogP contribution in [0.15, 0.2) is 23.9 Å². The molecular formula is C22H25ClFN5O3. The molecule has 4 N–H and O–H groups in total. The van der Waals surface area contributed by atoms with Crippen molar-refractivity contribution in [3.05, 3.63) is 57.5 Å². The average Bonchev–Trinajstić information content (AvgIpc) is 3.37. The number of carbonyl (C=O) groups is 1. The Morgan fingerprint density at radius 2 is 2.06 bits per heavy atom. The standard InChI is InChI=1S/C22H25ClFN5O3/c1-11-20(23)12(2)28-21(27-11)17-8-29(9-18(17)25)22(31)16-4-3-13(24)5-19(16)32-15-6-14(10-30)26-7-15/h3-5,14-15,26,30H,6-10,25H2,1-2H3. The highest BCUT2D eigenvalue weighted by atomic mass is 35.5. The Balaban J connectivity index is 1.54. The highest BCUT2D eigenvalue weighted by molar-refractivity contribution is 6.31. The van der Waals surface area contributed by atoms with Crippen molar-refractivity contribution in [1.82, 2.24) is 20.2 Å². The summed E-state index contributed by atoms with van der Waals surface area (Å²) < 4.78 is 19.9. The maximum absolute atomic E-state index is 13.9. The minimum absolute atomic E-state index is 0.0119. The van der Waals surface area contributed by atoms with Gasteiger partial charge >= 0.3 is 0 Å². The first kappa shape index (κ1) is 22.4. The lowest BCUT2D eigenvalue weighted by atomic mass is 10.1. The smallest absolute Gasteiger partial charge is 0.258 e. The average molecular weight is 462 g/mol. The van der Waals surface area contributed by atoms with Crippen LogP contribution >= 0.6 is 11.6 Å². The summed E-state index contributed by atoms with van der Waals surface area (Å²) in [5.41, 5.74) is 8.91. The summed E-state index contributed by atoms with van der Waals surface area (Å²) >= 11 is 6.17. The molecule has 1 amide bonds. The van der Waals surface area contributed by atoms with E-state index in [9.17, 15) is 14.3 Å². The monoisotopic (exact) mass is 461 g/mol. The second kappa shape index (κ2) is 9.01. The Morgan fingerprint density at radius 3 is 2.72 bits per heavy atom. The van der Waals surface area contributed by atoms with Crippen LogP contribution in [-0.2, 0) is 0 Å². The van der Waals surface area contributed by atoms with Crippen molar-refractivity contribution in [3.63, 3.8) is 0 Å². The Bertz CT molecular complexity index is 1070. The van der Waals surface area contributed by atoms with Crippen molar-refractivity contribution in [1.29, 1.82) is 0 Å². The lowest BCUT2D eigenvalue weighted by Gasteiger charge is -2.20. The lowest BCUT2D eigenvalue weighted by Crippen LogP contribution is -2.31. The highest BCUT2D eigenvalue weighted by Crippen LogP contribution is 2.29. The number of halogens is 2. The number of aliphatic hydroxyl groups excluding tert-OH is 1. The van der Waals surface area contributed by atoms with Crippen molar-refractivity contribution >= 4 is 23.1 Å². The van der Waals surface area contributed by atoms with Gasteiger partial charge in [0.1, 0.15) is 17.7 Å². The molecule has 0 spiro atoms. The molecule has 1 aromatic carbocycles. The molecule has 10 heteroatoms. The number of aromatic nitrogens is 2. The fourth-order valence-corrected chi connectivity index (χ4v) is 4.06. The maximum Gasteiger partial charge on any atom is 0.258 e. The van der Waals surface area contributed by atoms with E-state index in [0.717, 1.165) is 0 Å². The summed E-state index contributed by atoms with van der Waals surface area (Å²) in [6.07, 6.45) is 0.293. The number of hydrogen-bond acceptors (Lipinski definition) is 7. The molecule has 2 unspecified atom stereocenters. The van der Waals surface area contributed by atoms with Crippen LogP contribution in [-0.4, -0.2) is 64.3 Å². The SMILES string of the molecule is Cc1nc(C2=C(N)CN(C(=O)c3ccc(F)cc3OC3CNC(CO)C3)C2)nc(C)c1Cl. The number of hydrogen-bond donors (Lipinski definition) is 3. The number of rotatable bonds is 5. The van der Waals surface area contributed by atoms with Crippen molar-refractivity contribution in [2.24, 2.45) is 5.73 Å². The molecule has 32 heavy (non-hydrogen) atoms. The topological polar surface area (TPSA) is 114 Å². The van der Waals surface area contributed by atoms with Crippen LogP contribution in [0.3, 0.4) is 0 Å². The van der Waals surface area contributed by atoms with Gasteiger partial charge in [0, 0.05) is 36.3 Å². The van der Waals surface area contributed by atoms with E-state index >= 15 is 0 Å². The molecule has 0 radical (unpaired) electrons. The molecule has 2 aliphatic rings. The summed E-state index contributed by atoms with van der Waals surface area (Å²) in [6, 6.07) is 3.78. The summed E-state index contributed by atoms with van der Waals surface area (Å²) in [4.78, 5) is 23.7. The minimum Gasteiger partial charge on any atom is -0.488 e. The Morgan fingerprint density at radius 1 is 1.34 bits per heavy atom. The predicted octanol–water partition coefficient (Wildman–Crippen LogP) is 1.81. The third-order valence-electron chi connectivity index (χ3n) is 5.71. The van der Waals surface area contributed by atoms with Crippen LogP contribution in [0.2, 0.25) is 5.02 Å². The van der Waals surface area contributed by atoms with Gasteiger partial charge in [-0.1, -0.05) is 11.6 Å². The zero-order valence-electron chi connectivity index (χ0n) is 17.9. The molecule has 3 heterocycles. The van der Waals surface area contributed by atoms with Crippen molar-refractivity contribution in [2.75, 3.05) is 26.2 Å². The normalized spacial score (nSPS) is 20.8. The first-order valence-corrected chi connectivity index (χ1v) is 10.7. The Kier molecular flexibility index (Phi) is 6.32. The van der Waals surface area contributed by atoms with Gasteiger partial charge in [-0.05, 0) is 26.0 Å². The maximum atomic E-state index is 13.9. The van der Waals surface area contributed by atoms with E-state index in [4.69, 9.17) is 22.1 Å². The fourth-order valence-electron chi connectivity index (χ4n) is 3.98. The zero-order chi connectivity index (χ0) is 23.0. The van der Waals surface area contributed by atoms with E-state index in [1.165, 1.54) is 18.2 Å². The van der Waals surface area contributed by atoms with E-state index in [1.54, 1.807) is 18.7 Å². The van der Waals surface area contributed by atoms with Crippen molar-refractivity contribution < 1.29 is 19.0 Å². The fraction of sp³-hybridized carbons (Fsp3) is 0.409. The number of nitrogens with one attached hydrogen (secondary N) is 1. The van der Waals surface area contributed by atoms with Crippen molar-refractivity contribution in [3.8, 4) is 5.75 Å². The van der Waals surface area contributed by atoms with Gasteiger partial charge in [-0.3, -0.25) is 4.79 Å². The van der Waals surface area contributed by atoms with E-state index in [1.807, 2.05) is 0 Å². The number of aliphatic hydroxyl groups is 1. The van der Waals surface area contributed by atoms with Crippen LogP contribution in [0.1, 0.15) is 34.0 Å². The second-order valence-corrected chi connectivity index (χ2v) is 8.48. The number of carbonyl (C=O) groups excluding carboxylic acids is 1. The second-order valence-electron chi connectivity index (χ2n) is 8.10. The lowest BCUT2D eigenvalue weighted by molar-refractivity contribution is 0.0791. The molecule has 0 saturated carbocycles. The summed E-state index contributed by atoms with van der Waals surface area (Å²) in [6.45, 7) is 4.49. The van der Waals surface area contributed by atoms with Gasteiger partial charge in [0.15, 0.2) is 5.82 Å². The van der Waals surface area contributed by atoms with Gasteiger partial charge in [0.05, 0.1) is 41.7 Å². The van der Waals surface area contributed by atoms with E-state index < -0.39 is 5.82 Å². The molecule has 0 aliphatic carbocycles. The number of nitrogens with zero attached hydrogens (tertiary/aromatic N) is 3. The first-order chi connectivity index (χ1) is 15.3. The van der Waals surface area contributed by atoms with Gasteiger partial charge < -0.3 is 25.8 Å². The molecule has 4 rings (SSSR count). The molecule has 1 aromatic heterocycles. The Labute approximate surface area is 190 Å². The predicted molar refractivity (Wildman–Crippen MR) is 118 cm³/mol. The molecule has 1 fully saturated rings. The van der Waals surface area contributed by atoms with Crippen molar-refractivity contribution in [2.45, 2.75) is 32.4 Å². The third-order valence-corrected chi connectivity index (χ3v) is 6.25. The summed E-state index contributed by atoms with van der Waals surface area (Å²) in [5.74, 6) is -0.215. The van der Waals surface area contributed by atoms with Crippen LogP contribution in [0.5, 0.6) is 5.75 Å². The van der Waals surface area contributed by atoms with E-state index in [2.05, 4.69) is 15.3 Å². The van der Waals surface area contributed by atoms with E-state index in [-0.39, 0.29) is 49.1 Å². The number of benzene rings is 1. The molecular weight excluding hydrogens is 437 g/mol.